The van der Waals surface area contributed by atoms with Crippen LogP contribution in [0.15, 0.2) is 42.7 Å². The summed E-state index contributed by atoms with van der Waals surface area (Å²) in [5.41, 5.74) is 0.857. The van der Waals surface area contributed by atoms with Gasteiger partial charge in [-0.15, -0.1) is 0 Å². The molecule has 0 aliphatic carbocycles. The lowest BCUT2D eigenvalue weighted by molar-refractivity contribution is -0.120. The van der Waals surface area contributed by atoms with Crippen molar-refractivity contribution in [2.24, 2.45) is 0 Å². The van der Waals surface area contributed by atoms with Gasteiger partial charge >= 0.3 is 5.97 Å². The van der Waals surface area contributed by atoms with Crippen LogP contribution < -0.4 is 10.2 Å². The molecule has 2 heterocycles. The minimum absolute atomic E-state index is 0.0219. The third-order valence-electron chi connectivity index (χ3n) is 4.33. The second-order valence-electron chi connectivity index (χ2n) is 6.48. The molecule has 1 aliphatic rings. The van der Waals surface area contributed by atoms with Crippen LogP contribution in [0, 0.1) is 5.82 Å². The largest absolute Gasteiger partial charge is 0.457 e. The lowest BCUT2D eigenvalue weighted by atomic mass is 10.1. The van der Waals surface area contributed by atoms with Crippen LogP contribution in [0.5, 0.6) is 0 Å². The van der Waals surface area contributed by atoms with Crippen molar-refractivity contribution in [1.82, 2.24) is 10.3 Å². The molecule has 1 aliphatic heterocycles. The first-order valence-electron chi connectivity index (χ1n) is 8.95. The zero-order valence-electron chi connectivity index (χ0n) is 15.7. The van der Waals surface area contributed by atoms with Crippen LogP contribution in [0.4, 0.5) is 10.1 Å². The molecule has 1 unspecified atom stereocenters. The third kappa shape index (κ3) is 5.14. The highest BCUT2D eigenvalue weighted by molar-refractivity contribution is 5.90. The van der Waals surface area contributed by atoms with Crippen molar-refractivity contribution in [3.05, 3.63) is 59.7 Å². The lowest BCUT2D eigenvalue weighted by Gasteiger charge is -2.21. The SMILES string of the molecule is CC(=O)NC[C@H]1CN(c2ccc(C(=O)OCc3cccnc3)c(F)c2)C(C=O)O1. The number of aldehydes is 1. The molecule has 3 rings (SSSR count). The first-order chi connectivity index (χ1) is 14.0. The average Bonchev–Trinajstić information content (AvgIpc) is 3.14. The summed E-state index contributed by atoms with van der Waals surface area (Å²) in [6, 6.07) is 7.42. The predicted octanol–water partition coefficient (Wildman–Crippen LogP) is 1.44. The van der Waals surface area contributed by atoms with Gasteiger partial charge in [-0.1, -0.05) is 6.07 Å². The van der Waals surface area contributed by atoms with Gasteiger partial charge in [0, 0.05) is 43.7 Å². The summed E-state index contributed by atoms with van der Waals surface area (Å²) in [6.07, 6.45) is 2.43. The highest BCUT2D eigenvalue weighted by atomic mass is 19.1. The summed E-state index contributed by atoms with van der Waals surface area (Å²) in [5.74, 6) is -1.78. The molecule has 152 valence electrons. The fourth-order valence-electron chi connectivity index (χ4n) is 2.92. The third-order valence-corrected chi connectivity index (χ3v) is 4.33. The van der Waals surface area contributed by atoms with Crippen molar-refractivity contribution >= 4 is 23.9 Å². The van der Waals surface area contributed by atoms with Gasteiger partial charge in [-0.05, 0) is 24.3 Å². The van der Waals surface area contributed by atoms with E-state index in [1.165, 1.54) is 19.1 Å². The maximum absolute atomic E-state index is 14.5. The Labute approximate surface area is 166 Å². The Bertz CT molecular complexity index is 893. The van der Waals surface area contributed by atoms with Gasteiger partial charge in [0.2, 0.25) is 5.91 Å². The number of pyridine rings is 1. The molecule has 2 atom stereocenters. The molecule has 1 N–H and O–H groups in total. The molecule has 0 saturated carbocycles. The van der Waals surface area contributed by atoms with Gasteiger partial charge in [0.25, 0.3) is 0 Å². The van der Waals surface area contributed by atoms with E-state index in [0.29, 0.717) is 17.5 Å². The van der Waals surface area contributed by atoms with Crippen molar-refractivity contribution in [1.29, 1.82) is 0 Å². The number of aromatic nitrogens is 1. The quantitative estimate of drug-likeness (QED) is 0.554. The molecule has 0 bridgehead atoms. The maximum atomic E-state index is 14.5. The van der Waals surface area contributed by atoms with Crippen molar-refractivity contribution < 1.29 is 28.2 Å². The van der Waals surface area contributed by atoms with Crippen LogP contribution >= 0.6 is 0 Å². The van der Waals surface area contributed by atoms with Gasteiger partial charge < -0.3 is 19.7 Å². The summed E-state index contributed by atoms with van der Waals surface area (Å²) in [5, 5.41) is 2.62. The molecule has 29 heavy (non-hydrogen) atoms. The monoisotopic (exact) mass is 401 g/mol. The van der Waals surface area contributed by atoms with Crippen LogP contribution in [0.25, 0.3) is 0 Å². The number of amides is 1. The van der Waals surface area contributed by atoms with Gasteiger partial charge in [0.15, 0.2) is 12.5 Å². The van der Waals surface area contributed by atoms with Gasteiger partial charge in [-0.25, -0.2) is 9.18 Å². The number of anilines is 1. The molecule has 1 aromatic heterocycles. The Morgan fingerprint density at radius 3 is 2.90 bits per heavy atom. The predicted molar refractivity (Wildman–Crippen MR) is 101 cm³/mol. The smallest absolute Gasteiger partial charge is 0.341 e. The van der Waals surface area contributed by atoms with Crippen LogP contribution in [0.3, 0.4) is 0 Å². The Morgan fingerprint density at radius 1 is 1.41 bits per heavy atom. The van der Waals surface area contributed by atoms with Crippen LogP contribution in [0.2, 0.25) is 0 Å². The van der Waals surface area contributed by atoms with E-state index in [2.05, 4.69) is 10.3 Å². The molecule has 1 saturated heterocycles. The van der Waals surface area contributed by atoms with E-state index in [-0.39, 0.29) is 31.2 Å². The summed E-state index contributed by atoms with van der Waals surface area (Å²) >= 11 is 0. The number of esters is 1. The van der Waals surface area contributed by atoms with Crippen molar-refractivity contribution in [2.75, 3.05) is 18.0 Å². The molecule has 9 heteroatoms. The van der Waals surface area contributed by atoms with Gasteiger partial charge in [0.05, 0.1) is 11.7 Å². The van der Waals surface area contributed by atoms with E-state index in [1.807, 2.05) is 0 Å². The summed E-state index contributed by atoms with van der Waals surface area (Å²) in [6.45, 7) is 1.88. The molecule has 2 aromatic rings. The number of nitrogens with zero attached hydrogens (tertiary/aromatic N) is 2. The van der Waals surface area contributed by atoms with Gasteiger partial charge in [0.1, 0.15) is 12.4 Å². The summed E-state index contributed by atoms with van der Waals surface area (Å²) in [4.78, 5) is 40.0. The lowest BCUT2D eigenvalue weighted by Crippen LogP contribution is -2.33. The fourth-order valence-corrected chi connectivity index (χ4v) is 2.92. The first-order valence-corrected chi connectivity index (χ1v) is 8.95. The second-order valence-corrected chi connectivity index (χ2v) is 6.48. The highest BCUT2D eigenvalue weighted by Crippen LogP contribution is 2.26. The number of carbonyl (C=O) groups excluding carboxylic acids is 3. The zero-order valence-corrected chi connectivity index (χ0v) is 15.7. The molecule has 0 spiro atoms. The number of halogens is 1. The molecular weight excluding hydrogens is 381 g/mol. The number of rotatable bonds is 7. The van der Waals surface area contributed by atoms with E-state index in [1.54, 1.807) is 29.4 Å². The van der Waals surface area contributed by atoms with Crippen LogP contribution in [-0.2, 0) is 25.7 Å². The molecular formula is C20H20FN3O5. The molecule has 1 aromatic carbocycles. The topological polar surface area (TPSA) is 97.8 Å². The van der Waals surface area contributed by atoms with E-state index in [0.717, 1.165) is 6.07 Å². The molecule has 8 nitrogen and oxygen atoms in total. The Hall–Kier alpha value is -3.33. The van der Waals surface area contributed by atoms with Gasteiger partial charge in [-0.3, -0.25) is 14.6 Å². The number of ether oxygens (including phenoxy) is 2. The molecule has 1 fully saturated rings. The van der Waals surface area contributed by atoms with Crippen LogP contribution in [-0.4, -0.2) is 48.6 Å². The minimum Gasteiger partial charge on any atom is -0.457 e. The average molecular weight is 401 g/mol. The summed E-state index contributed by atoms with van der Waals surface area (Å²) in [7, 11) is 0. The second kappa shape index (κ2) is 9.24. The van der Waals surface area contributed by atoms with E-state index in [4.69, 9.17) is 9.47 Å². The highest BCUT2D eigenvalue weighted by Gasteiger charge is 2.33. The van der Waals surface area contributed by atoms with Crippen LogP contribution in [0.1, 0.15) is 22.8 Å². The Balaban J connectivity index is 1.67. The first kappa shape index (κ1) is 20.4. The fraction of sp³-hybridized carbons (Fsp3) is 0.300. The minimum atomic E-state index is -0.906. The van der Waals surface area contributed by atoms with Crippen molar-refractivity contribution in [3.8, 4) is 0 Å². The Morgan fingerprint density at radius 2 is 2.24 bits per heavy atom. The van der Waals surface area contributed by atoms with Crippen molar-refractivity contribution in [3.63, 3.8) is 0 Å². The molecule has 1 amide bonds. The number of carbonyl (C=O) groups is 3. The van der Waals surface area contributed by atoms with E-state index in [9.17, 15) is 18.8 Å². The molecule has 0 radical (unpaired) electrons. The van der Waals surface area contributed by atoms with Crippen molar-refractivity contribution in [2.45, 2.75) is 25.9 Å². The zero-order chi connectivity index (χ0) is 20.8. The summed E-state index contributed by atoms with van der Waals surface area (Å²) < 4.78 is 25.2. The maximum Gasteiger partial charge on any atom is 0.341 e. The number of nitrogens with one attached hydrogen (secondary N) is 1. The number of hydrogen-bond acceptors (Lipinski definition) is 7. The number of benzene rings is 1. The number of hydrogen-bond donors (Lipinski definition) is 1. The standard InChI is InChI=1S/C20H20FN3O5/c1-13(26)23-9-16-10-24(19(11-25)29-16)15-4-5-17(18(21)7-15)20(27)28-12-14-3-2-6-22-8-14/h2-8,11,16,19H,9-10,12H2,1H3,(H,23,26)/t16-,19?/m0/s1. The Kier molecular flexibility index (Phi) is 6.50. The van der Waals surface area contributed by atoms with Gasteiger partial charge in [-0.2, -0.15) is 0 Å². The van der Waals surface area contributed by atoms with E-state index >= 15 is 0 Å². The normalized spacial score (nSPS) is 18.3. The van der Waals surface area contributed by atoms with E-state index < -0.39 is 24.1 Å².